The summed E-state index contributed by atoms with van der Waals surface area (Å²) in [5.41, 5.74) is 13.6. The molecule has 0 atom stereocenters. The summed E-state index contributed by atoms with van der Waals surface area (Å²) in [7, 11) is 4.11. The molecule has 8 heteroatoms. The van der Waals surface area contributed by atoms with E-state index in [9.17, 15) is 0 Å². The molecule has 1 aliphatic rings. The quantitative estimate of drug-likeness (QED) is 0.456. The topological polar surface area (TPSA) is 88.1 Å². The smallest absolute Gasteiger partial charge is 0.134 e. The number of piperazine rings is 1. The third-order valence-corrected chi connectivity index (χ3v) is 6.45. The van der Waals surface area contributed by atoms with Crippen LogP contribution in [0.4, 0.5) is 22.9 Å². The van der Waals surface area contributed by atoms with E-state index >= 15 is 0 Å². The summed E-state index contributed by atoms with van der Waals surface area (Å²) in [6, 6.07) is 12.5. The van der Waals surface area contributed by atoms with Gasteiger partial charge in [0.25, 0.3) is 0 Å². The average Bonchev–Trinajstić information content (AvgIpc) is 3.20. The molecule has 0 radical (unpaired) electrons. The van der Waals surface area contributed by atoms with Crippen molar-refractivity contribution in [1.82, 2.24) is 24.6 Å². The van der Waals surface area contributed by atoms with Crippen molar-refractivity contribution in [3.63, 3.8) is 0 Å². The number of aryl methyl sites for hydroxylation is 2. The predicted octanol–water partition coefficient (Wildman–Crippen LogP) is 3.67. The predicted molar refractivity (Wildman–Crippen MR) is 135 cm³/mol. The number of benzene rings is 2. The summed E-state index contributed by atoms with van der Waals surface area (Å²) >= 11 is 0. The number of nitrogens with two attached hydrogens (primary N) is 1. The minimum atomic E-state index is 0.743. The highest BCUT2D eigenvalue weighted by atomic mass is 15.3. The molecule has 0 spiro atoms. The Balaban J connectivity index is 1.42. The molecule has 8 nitrogen and oxygen atoms in total. The van der Waals surface area contributed by atoms with Crippen molar-refractivity contribution in [3.8, 4) is 11.3 Å². The molecule has 5 rings (SSSR count). The fourth-order valence-electron chi connectivity index (χ4n) is 4.42. The van der Waals surface area contributed by atoms with Crippen LogP contribution in [0.2, 0.25) is 0 Å². The fourth-order valence-corrected chi connectivity index (χ4v) is 4.42. The van der Waals surface area contributed by atoms with Gasteiger partial charge in [0.05, 0.1) is 28.8 Å². The number of rotatable bonds is 5. The Kier molecular flexibility index (Phi) is 5.60. The minimum Gasteiger partial charge on any atom is -0.397 e. The Labute approximate surface area is 194 Å². The summed E-state index contributed by atoms with van der Waals surface area (Å²) in [5.74, 6) is 0.743. The molecule has 170 valence electrons. The van der Waals surface area contributed by atoms with E-state index in [4.69, 9.17) is 5.73 Å². The highest BCUT2D eigenvalue weighted by molar-refractivity contribution is 5.84. The van der Waals surface area contributed by atoms with Gasteiger partial charge in [-0.1, -0.05) is 13.0 Å². The Hall–Kier alpha value is -3.65. The maximum atomic E-state index is 6.50. The van der Waals surface area contributed by atoms with Gasteiger partial charge in [-0.3, -0.25) is 4.68 Å². The molecular weight excluding hydrogens is 412 g/mol. The van der Waals surface area contributed by atoms with Crippen LogP contribution in [0.1, 0.15) is 12.5 Å². The molecule has 4 aromatic rings. The number of nitrogens with one attached hydrogen (secondary N) is 1. The molecule has 2 aromatic heterocycles. The number of aromatic nitrogens is 4. The molecule has 0 saturated carbocycles. The van der Waals surface area contributed by atoms with Crippen LogP contribution in [0.15, 0.2) is 48.9 Å². The Morgan fingerprint density at radius 1 is 1.00 bits per heavy atom. The number of likely N-dealkylation sites (N-methyl/N-ethyl adjacent to an activating group) is 1. The zero-order valence-corrected chi connectivity index (χ0v) is 19.4. The second-order valence-corrected chi connectivity index (χ2v) is 8.67. The summed E-state index contributed by atoms with van der Waals surface area (Å²) in [5, 5.41) is 8.89. The molecule has 0 amide bonds. The molecule has 0 unspecified atom stereocenters. The maximum Gasteiger partial charge on any atom is 0.134 e. The van der Waals surface area contributed by atoms with Gasteiger partial charge < -0.3 is 20.9 Å². The first-order chi connectivity index (χ1) is 16.0. The maximum absolute atomic E-state index is 6.50. The molecule has 3 N–H and O–H groups in total. The van der Waals surface area contributed by atoms with Gasteiger partial charge in [-0.15, -0.1) is 0 Å². The van der Waals surface area contributed by atoms with Crippen LogP contribution < -0.4 is 16.0 Å². The number of fused-ring (bicyclic) bond motifs is 1. The van der Waals surface area contributed by atoms with E-state index in [-0.39, 0.29) is 0 Å². The summed E-state index contributed by atoms with van der Waals surface area (Å²) in [6.07, 6.45) is 4.37. The fraction of sp³-hybridized carbons (Fsp3) is 0.320. The van der Waals surface area contributed by atoms with E-state index in [0.717, 1.165) is 77.6 Å². The molecule has 2 aromatic carbocycles. The highest BCUT2D eigenvalue weighted by Gasteiger charge is 2.18. The van der Waals surface area contributed by atoms with Gasteiger partial charge in [-0.25, -0.2) is 9.97 Å². The number of nitrogen functional groups attached to an aromatic ring is 1. The Morgan fingerprint density at radius 3 is 2.61 bits per heavy atom. The van der Waals surface area contributed by atoms with Crippen molar-refractivity contribution in [2.45, 2.75) is 13.3 Å². The molecule has 0 bridgehead atoms. The van der Waals surface area contributed by atoms with E-state index in [1.807, 2.05) is 30.1 Å². The van der Waals surface area contributed by atoms with Crippen LogP contribution in [-0.4, -0.2) is 57.9 Å². The van der Waals surface area contributed by atoms with E-state index in [1.54, 1.807) is 6.33 Å². The second kappa shape index (κ2) is 8.71. The van der Waals surface area contributed by atoms with Crippen LogP contribution in [-0.2, 0) is 13.5 Å². The second-order valence-electron chi connectivity index (χ2n) is 8.67. The van der Waals surface area contributed by atoms with Crippen molar-refractivity contribution in [3.05, 3.63) is 54.5 Å². The largest absolute Gasteiger partial charge is 0.397 e. The number of hydrogen-bond acceptors (Lipinski definition) is 7. The van der Waals surface area contributed by atoms with Crippen molar-refractivity contribution in [1.29, 1.82) is 0 Å². The Bertz CT molecular complexity index is 1290. The van der Waals surface area contributed by atoms with Crippen LogP contribution >= 0.6 is 0 Å². The third-order valence-electron chi connectivity index (χ3n) is 6.45. The van der Waals surface area contributed by atoms with E-state index in [0.29, 0.717) is 0 Å². The van der Waals surface area contributed by atoms with Gasteiger partial charge >= 0.3 is 0 Å². The van der Waals surface area contributed by atoms with Crippen LogP contribution in [0, 0.1) is 0 Å². The first-order valence-corrected chi connectivity index (χ1v) is 11.4. The SMILES string of the molecule is CCc1cc(N2CCN(C)CC2)c(N)cc1Nc1cc(-c2ccc3c(cnn3C)c2)ncn1. The molecular formula is C25H30N8. The summed E-state index contributed by atoms with van der Waals surface area (Å²) in [4.78, 5) is 13.7. The lowest BCUT2D eigenvalue weighted by Crippen LogP contribution is -2.44. The monoisotopic (exact) mass is 442 g/mol. The highest BCUT2D eigenvalue weighted by Crippen LogP contribution is 2.33. The molecule has 1 fully saturated rings. The van der Waals surface area contributed by atoms with Gasteiger partial charge in [-0.05, 0) is 43.3 Å². The van der Waals surface area contributed by atoms with Crippen molar-refractivity contribution < 1.29 is 0 Å². The number of anilines is 4. The Morgan fingerprint density at radius 2 is 1.82 bits per heavy atom. The zero-order chi connectivity index (χ0) is 22.9. The summed E-state index contributed by atoms with van der Waals surface area (Å²) < 4.78 is 1.87. The van der Waals surface area contributed by atoms with Crippen LogP contribution in [0.5, 0.6) is 0 Å². The van der Waals surface area contributed by atoms with Crippen LogP contribution in [0.25, 0.3) is 22.2 Å². The molecule has 1 aliphatic heterocycles. The molecule has 1 saturated heterocycles. The molecule has 33 heavy (non-hydrogen) atoms. The number of hydrogen-bond donors (Lipinski definition) is 2. The van der Waals surface area contributed by atoms with E-state index in [2.05, 4.69) is 68.4 Å². The lowest BCUT2D eigenvalue weighted by atomic mass is 10.1. The first kappa shape index (κ1) is 21.2. The number of nitrogens with zero attached hydrogens (tertiary/aromatic N) is 6. The lowest BCUT2D eigenvalue weighted by molar-refractivity contribution is 0.313. The minimum absolute atomic E-state index is 0.743. The van der Waals surface area contributed by atoms with Gasteiger partial charge in [0, 0.05) is 55.9 Å². The van der Waals surface area contributed by atoms with Gasteiger partial charge in [-0.2, -0.15) is 5.10 Å². The summed E-state index contributed by atoms with van der Waals surface area (Å²) in [6.45, 7) is 6.25. The third kappa shape index (κ3) is 4.21. The van der Waals surface area contributed by atoms with Crippen molar-refractivity contribution in [2.24, 2.45) is 7.05 Å². The standard InChI is InChI=1S/C25H30N8/c1-4-17-12-24(33-9-7-31(2)8-10-33)20(26)13-22(17)30-25-14-21(27-16-28-25)18-5-6-23-19(11-18)15-29-32(23)3/h5-6,11-16H,4,7-10,26H2,1-3H3,(H,27,28,30). The van der Waals surface area contributed by atoms with Gasteiger partial charge in [0.2, 0.25) is 0 Å². The molecule has 0 aliphatic carbocycles. The van der Waals surface area contributed by atoms with E-state index in [1.165, 1.54) is 5.56 Å². The average molecular weight is 443 g/mol. The van der Waals surface area contributed by atoms with Crippen LogP contribution in [0.3, 0.4) is 0 Å². The van der Waals surface area contributed by atoms with Gasteiger partial charge in [0.15, 0.2) is 0 Å². The van der Waals surface area contributed by atoms with Crippen molar-refractivity contribution in [2.75, 3.05) is 49.2 Å². The lowest BCUT2D eigenvalue weighted by Gasteiger charge is -2.35. The van der Waals surface area contributed by atoms with Crippen molar-refractivity contribution >= 4 is 33.8 Å². The first-order valence-electron chi connectivity index (χ1n) is 11.4. The van der Waals surface area contributed by atoms with E-state index < -0.39 is 0 Å². The van der Waals surface area contributed by atoms with Gasteiger partial charge in [0.1, 0.15) is 12.1 Å². The zero-order valence-electron chi connectivity index (χ0n) is 19.4. The molecule has 3 heterocycles. The normalized spacial score (nSPS) is 14.7.